The Balaban J connectivity index is 1.92. The van der Waals surface area contributed by atoms with Crippen molar-refractivity contribution in [2.75, 3.05) is 19.5 Å². The van der Waals surface area contributed by atoms with Gasteiger partial charge in [0.25, 0.3) is 0 Å². The first kappa shape index (κ1) is 22.7. The van der Waals surface area contributed by atoms with Gasteiger partial charge >= 0.3 is 5.97 Å². The second kappa shape index (κ2) is 9.15. The van der Waals surface area contributed by atoms with Crippen molar-refractivity contribution < 1.29 is 28.9 Å². The molecule has 33 heavy (non-hydrogen) atoms. The Bertz CT molecular complexity index is 1200. The van der Waals surface area contributed by atoms with E-state index in [0.717, 1.165) is 10.4 Å². The third-order valence-electron chi connectivity index (χ3n) is 5.44. The van der Waals surface area contributed by atoms with Gasteiger partial charge in [-0.3, -0.25) is 4.79 Å². The van der Waals surface area contributed by atoms with Crippen LogP contribution in [0.4, 0.5) is 5.69 Å². The van der Waals surface area contributed by atoms with E-state index in [2.05, 4.69) is 5.32 Å². The lowest BCUT2D eigenvalue weighted by molar-refractivity contribution is -0.116. The predicted molar refractivity (Wildman–Crippen MR) is 127 cm³/mol. The number of carbonyl (C=O) groups is 2. The van der Waals surface area contributed by atoms with Gasteiger partial charge in [-0.15, -0.1) is 11.3 Å². The Kier molecular flexibility index (Phi) is 6.29. The van der Waals surface area contributed by atoms with Crippen molar-refractivity contribution in [2.24, 2.45) is 0 Å². The van der Waals surface area contributed by atoms with Gasteiger partial charge in [0, 0.05) is 28.3 Å². The van der Waals surface area contributed by atoms with Crippen LogP contribution in [-0.2, 0) is 4.79 Å². The van der Waals surface area contributed by atoms with Crippen LogP contribution in [-0.4, -0.2) is 37.3 Å². The largest absolute Gasteiger partial charge is 0.497 e. The molecule has 1 atom stereocenters. The quantitative estimate of drug-likeness (QED) is 0.484. The fourth-order valence-corrected chi connectivity index (χ4v) is 5.29. The van der Waals surface area contributed by atoms with E-state index in [1.807, 2.05) is 32.0 Å². The van der Waals surface area contributed by atoms with E-state index in [4.69, 9.17) is 14.2 Å². The van der Waals surface area contributed by atoms with Crippen LogP contribution in [0.2, 0.25) is 0 Å². The van der Waals surface area contributed by atoms with Crippen LogP contribution in [0.3, 0.4) is 0 Å². The highest BCUT2D eigenvalue weighted by Gasteiger charge is 2.36. The molecule has 0 aliphatic carbocycles. The van der Waals surface area contributed by atoms with E-state index < -0.39 is 5.97 Å². The molecule has 1 aromatic heterocycles. The first-order chi connectivity index (χ1) is 15.8. The van der Waals surface area contributed by atoms with E-state index in [-0.39, 0.29) is 29.2 Å². The Morgan fingerprint density at radius 2 is 1.85 bits per heavy atom. The van der Waals surface area contributed by atoms with Crippen LogP contribution in [0.25, 0.3) is 11.1 Å². The molecule has 2 heterocycles. The Morgan fingerprint density at radius 3 is 2.45 bits per heavy atom. The number of thiophene rings is 1. The van der Waals surface area contributed by atoms with Gasteiger partial charge in [-0.2, -0.15) is 0 Å². The van der Waals surface area contributed by atoms with E-state index in [9.17, 15) is 14.7 Å². The first-order valence-electron chi connectivity index (χ1n) is 10.5. The van der Waals surface area contributed by atoms with Crippen LogP contribution in [0.5, 0.6) is 17.2 Å². The molecule has 2 aromatic carbocycles. The topological polar surface area (TPSA) is 94.1 Å². The zero-order chi connectivity index (χ0) is 23.7. The molecule has 0 fully saturated rings. The normalized spacial score (nSPS) is 15.1. The summed E-state index contributed by atoms with van der Waals surface area (Å²) in [5, 5.41) is 12.9. The van der Waals surface area contributed by atoms with Gasteiger partial charge in [0.15, 0.2) is 11.5 Å². The first-order valence-corrected chi connectivity index (χ1v) is 11.3. The van der Waals surface area contributed by atoms with E-state index in [0.29, 0.717) is 34.1 Å². The molecule has 8 heteroatoms. The summed E-state index contributed by atoms with van der Waals surface area (Å²) in [6.07, 6.45) is 0.0701. The van der Waals surface area contributed by atoms with Gasteiger partial charge in [-0.25, -0.2) is 4.79 Å². The molecule has 7 nitrogen and oxygen atoms in total. The SMILES string of the molecule is COc1ccc(-c2c(C(=O)O)sc3c2NC(=O)C[C@H]3c2cccc(OC)c2OC(C)C)cc1. The summed E-state index contributed by atoms with van der Waals surface area (Å²) in [5.74, 6) is 0.199. The second-order valence-electron chi connectivity index (χ2n) is 7.93. The number of amides is 1. The Hall–Kier alpha value is -3.52. The lowest BCUT2D eigenvalue weighted by Crippen LogP contribution is -2.23. The van der Waals surface area contributed by atoms with Crippen molar-refractivity contribution in [1.82, 2.24) is 0 Å². The minimum Gasteiger partial charge on any atom is -0.497 e. The zero-order valence-corrected chi connectivity index (χ0v) is 19.6. The average molecular weight is 468 g/mol. The number of para-hydroxylation sites is 1. The molecular weight excluding hydrogens is 442 g/mol. The number of methoxy groups -OCH3 is 2. The number of benzene rings is 2. The second-order valence-corrected chi connectivity index (χ2v) is 8.98. The zero-order valence-electron chi connectivity index (χ0n) is 18.8. The van der Waals surface area contributed by atoms with Crippen LogP contribution < -0.4 is 19.5 Å². The molecule has 2 N–H and O–H groups in total. The molecule has 0 radical (unpaired) electrons. The summed E-state index contributed by atoms with van der Waals surface area (Å²) in [5.41, 5.74) is 2.51. The molecule has 172 valence electrons. The van der Waals surface area contributed by atoms with Crippen molar-refractivity contribution in [2.45, 2.75) is 32.3 Å². The molecule has 4 rings (SSSR count). The van der Waals surface area contributed by atoms with Crippen LogP contribution >= 0.6 is 11.3 Å². The number of carbonyl (C=O) groups excluding carboxylic acids is 1. The van der Waals surface area contributed by atoms with Gasteiger partial charge < -0.3 is 24.6 Å². The molecule has 0 unspecified atom stereocenters. The summed E-state index contributed by atoms with van der Waals surface area (Å²) >= 11 is 1.18. The molecule has 3 aromatic rings. The highest BCUT2D eigenvalue weighted by Crippen LogP contribution is 2.52. The predicted octanol–water partition coefficient (Wildman–Crippen LogP) is 5.39. The monoisotopic (exact) mass is 467 g/mol. The molecule has 0 saturated heterocycles. The van der Waals surface area contributed by atoms with Crippen molar-refractivity contribution in [1.29, 1.82) is 0 Å². The summed E-state index contributed by atoms with van der Waals surface area (Å²) in [4.78, 5) is 26.0. The maximum Gasteiger partial charge on any atom is 0.346 e. The number of carboxylic acids is 1. The fourth-order valence-electron chi connectivity index (χ4n) is 4.05. The van der Waals surface area contributed by atoms with Crippen LogP contribution in [0, 0.1) is 0 Å². The Labute approximate surface area is 195 Å². The molecular formula is C25H25NO6S. The van der Waals surface area contributed by atoms with Gasteiger partial charge in [-0.1, -0.05) is 24.3 Å². The van der Waals surface area contributed by atoms with Crippen molar-refractivity contribution in [3.8, 4) is 28.4 Å². The molecule has 0 saturated carbocycles. The maximum atomic E-state index is 12.8. The lowest BCUT2D eigenvalue weighted by atomic mass is 9.88. The third kappa shape index (κ3) is 4.26. The summed E-state index contributed by atoms with van der Waals surface area (Å²) in [6.45, 7) is 3.84. The number of nitrogens with one attached hydrogen (secondary N) is 1. The van der Waals surface area contributed by atoms with E-state index in [1.165, 1.54) is 11.3 Å². The number of anilines is 1. The van der Waals surface area contributed by atoms with Crippen LogP contribution in [0.1, 0.15) is 46.3 Å². The molecule has 1 aliphatic heterocycles. The highest BCUT2D eigenvalue weighted by atomic mass is 32.1. The van der Waals surface area contributed by atoms with Gasteiger partial charge in [0.05, 0.1) is 26.0 Å². The maximum absolute atomic E-state index is 12.8. The number of hydrogen-bond donors (Lipinski definition) is 2. The molecule has 0 spiro atoms. The van der Waals surface area contributed by atoms with Gasteiger partial charge in [0.1, 0.15) is 10.6 Å². The smallest absolute Gasteiger partial charge is 0.346 e. The summed E-state index contributed by atoms with van der Waals surface area (Å²) < 4.78 is 16.8. The third-order valence-corrected chi connectivity index (χ3v) is 6.73. The van der Waals surface area contributed by atoms with E-state index >= 15 is 0 Å². The van der Waals surface area contributed by atoms with Gasteiger partial charge in [-0.05, 0) is 37.6 Å². The van der Waals surface area contributed by atoms with Crippen molar-refractivity contribution in [3.63, 3.8) is 0 Å². The fraction of sp³-hybridized carbons (Fsp3) is 0.280. The molecule has 0 bridgehead atoms. The van der Waals surface area contributed by atoms with Crippen molar-refractivity contribution in [3.05, 3.63) is 57.8 Å². The number of ether oxygens (including phenoxy) is 3. The molecule has 1 amide bonds. The Morgan fingerprint density at radius 1 is 1.12 bits per heavy atom. The number of aromatic carboxylic acids is 1. The minimum absolute atomic E-state index is 0.107. The van der Waals surface area contributed by atoms with Crippen LogP contribution in [0.15, 0.2) is 42.5 Å². The van der Waals surface area contributed by atoms with Crippen molar-refractivity contribution >= 4 is 28.9 Å². The number of carboxylic acid groups (broad SMARTS) is 1. The van der Waals surface area contributed by atoms with Gasteiger partial charge in [0.2, 0.25) is 5.91 Å². The highest BCUT2D eigenvalue weighted by molar-refractivity contribution is 7.15. The minimum atomic E-state index is -1.04. The summed E-state index contributed by atoms with van der Waals surface area (Å²) in [6, 6.07) is 12.7. The summed E-state index contributed by atoms with van der Waals surface area (Å²) in [7, 11) is 3.14. The number of hydrogen-bond acceptors (Lipinski definition) is 6. The number of rotatable bonds is 7. The number of fused-ring (bicyclic) bond motifs is 1. The lowest BCUT2D eigenvalue weighted by Gasteiger charge is -2.27. The average Bonchev–Trinajstić information content (AvgIpc) is 3.18. The standard InChI is InChI=1S/C25H25NO6S/c1-13(2)32-22-16(6-5-7-18(22)31-4)17-12-19(27)26-21-20(24(25(28)29)33-23(17)21)14-8-10-15(30-3)11-9-14/h5-11,13,17H,12H2,1-4H3,(H,26,27)(H,28,29)/t17-/m0/s1. The molecule has 1 aliphatic rings. The van der Waals surface area contributed by atoms with E-state index in [1.54, 1.807) is 38.5 Å².